The van der Waals surface area contributed by atoms with Gasteiger partial charge in [0, 0.05) is 42.8 Å². The monoisotopic (exact) mass is 495 g/mol. The van der Waals surface area contributed by atoms with Crippen LogP contribution in [0.5, 0.6) is 0 Å². The molecule has 2 aliphatic heterocycles. The van der Waals surface area contributed by atoms with Gasteiger partial charge in [0.1, 0.15) is 6.61 Å². The molecule has 0 N–H and O–H groups in total. The third-order valence-corrected chi connectivity index (χ3v) is 7.17. The lowest BCUT2D eigenvalue weighted by molar-refractivity contribution is 0.144. The van der Waals surface area contributed by atoms with Crippen LogP contribution in [0.4, 0.5) is 10.5 Å². The molecule has 0 aliphatic carbocycles. The van der Waals surface area contributed by atoms with Crippen LogP contribution < -0.4 is 4.90 Å². The highest BCUT2D eigenvalue weighted by atomic mass is 35.5. The van der Waals surface area contributed by atoms with E-state index in [4.69, 9.17) is 39.5 Å². The fraction of sp³-hybridized carbons (Fsp3) is 0.458. The van der Waals surface area contributed by atoms with Gasteiger partial charge in [0.25, 0.3) is 0 Å². The van der Waals surface area contributed by atoms with Gasteiger partial charge in [-0.25, -0.2) is 4.79 Å². The largest absolute Gasteiger partial charge is 0.447 e. The molecule has 32 heavy (non-hydrogen) atoms. The lowest BCUT2D eigenvalue weighted by Gasteiger charge is -2.44. The molecule has 2 saturated heterocycles. The lowest BCUT2D eigenvalue weighted by Crippen LogP contribution is -2.51. The number of halogens is 3. The van der Waals surface area contributed by atoms with Crippen molar-refractivity contribution in [1.82, 2.24) is 9.80 Å². The normalized spacial score (nSPS) is 22.0. The van der Waals surface area contributed by atoms with Gasteiger partial charge in [0.05, 0.1) is 22.8 Å². The van der Waals surface area contributed by atoms with Gasteiger partial charge in [-0.05, 0) is 41.8 Å². The van der Waals surface area contributed by atoms with E-state index in [0.29, 0.717) is 34.1 Å². The summed E-state index contributed by atoms with van der Waals surface area (Å²) < 4.78 is 5.30. The first-order chi connectivity index (χ1) is 15.3. The van der Waals surface area contributed by atoms with E-state index in [9.17, 15) is 4.79 Å². The molecule has 2 aromatic carbocycles. The molecule has 0 radical (unpaired) electrons. The number of ether oxygens (including phenoxy) is 1. The smallest absolute Gasteiger partial charge is 0.410 e. The zero-order valence-electron chi connectivity index (χ0n) is 18.3. The molecule has 8 heteroatoms. The summed E-state index contributed by atoms with van der Waals surface area (Å²) >= 11 is 18.8. The van der Waals surface area contributed by atoms with Crippen LogP contribution in [0.3, 0.4) is 0 Å². The van der Waals surface area contributed by atoms with Crippen molar-refractivity contribution in [1.29, 1.82) is 0 Å². The highest BCUT2D eigenvalue weighted by Crippen LogP contribution is 2.36. The van der Waals surface area contributed by atoms with Crippen molar-refractivity contribution in [2.75, 3.05) is 44.2 Å². The maximum atomic E-state index is 12.2. The second-order valence-electron chi connectivity index (χ2n) is 8.74. The first kappa shape index (κ1) is 23.5. The average Bonchev–Trinajstić information content (AvgIpc) is 3.14. The standard InChI is InChI=1S/C24H28Cl3N3O2/c1-16(2)23-15-32-24(31)30(23)12-10-28-9-11-29(21-8-7-19(26)13-20(21)27)22(14-28)17-3-5-18(25)6-4-17/h3-8,13,16,22-23H,9-12,14-15H2,1-2H3/t22-,23+/m0/s1. The van der Waals surface area contributed by atoms with E-state index in [0.717, 1.165) is 31.9 Å². The number of carbonyl (C=O) groups excluding carboxylic acids is 1. The van der Waals surface area contributed by atoms with Gasteiger partial charge in [0.2, 0.25) is 0 Å². The Morgan fingerprint density at radius 3 is 2.41 bits per heavy atom. The second-order valence-corrected chi connectivity index (χ2v) is 10.0. The SMILES string of the molecule is CC(C)[C@H]1COC(=O)N1CCN1CCN(c2ccc(Cl)cc2Cl)[C@H](c2ccc(Cl)cc2)C1. The van der Waals surface area contributed by atoms with Crippen LogP contribution in [-0.4, -0.2) is 61.3 Å². The van der Waals surface area contributed by atoms with E-state index >= 15 is 0 Å². The molecule has 0 bridgehead atoms. The minimum atomic E-state index is -0.204. The predicted octanol–water partition coefficient (Wildman–Crippen LogP) is 5.99. The Morgan fingerprint density at radius 2 is 1.72 bits per heavy atom. The molecule has 1 amide bonds. The van der Waals surface area contributed by atoms with Crippen molar-refractivity contribution in [2.45, 2.75) is 25.9 Å². The number of nitrogens with zero attached hydrogens (tertiary/aromatic N) is 3. The van der Waals surface area contributed by atoms with Crippen molar-refractivity contribution in [3.63, 3.8) is 0 Å². The highest BCUT2D eigenvalue weighted by Gasteiger charge is 2.36. The summed E-state index contributed by atoms with van der Waals surface area (Å²) in [7, 11) is 0. The Hall–Kier alpha value is -1.66. The molecule has 0 unspecified atom stereocenters. The Kier molecular flexibility index (Phi) is 7.40. The van der Waals surface area contributed by atoms with Crippen LogP contribution in [0.2, 0.25) is 15.1 Å². The molecule has 2 atom stereocenters. The molecule has 172 valence electrons. The van der Waals surface area contributed by atoms with E-state index in [-0.39, 0.29) is 18.2 Å². The topological polar surface area (TPSA) is 36.0 Å². The minimum Gasteiger partial charge on any atom is -0.447 e. The van der Waals surface area contributed by atoms with E-state index in [1.807, 2.05) is 29.2 Å². The zero-order chi connectivity index (χ0) is 22.8. The maximum absolute atomic E-state index is 12.2. The molecular formula is C24H28Cl3N3O2. The summed E-state index contributed by atoms with van der Waals surface area (Å²) in [4.78, 5) is 18.8. The number of hydrogen-bond acceptors (Lipinski definition) is 4. The quantitative estimate of drug-likeness (QED) is 0.492. The van der Waals surface area contributed by atoms with Gasteiger partial charge >= 0.3 is 6.09 Å². The summed E-state index contributed by atoms with van der Waals surface area (Å²) in [5.41, 5.74) is 2.14. The highest BCUT2D eigenvalue weighted by molar-refractivity contribution is 6.36. The summed E-state index contributed by atoms with van der Waals surface area (Å²) in [6.07, 6.45) is -0.204. The predicted molar refractivity (Wildman–Crippen MR) is 131 cm³/mol. The van der Waals surface area contributed by atoms with Gasteiger partial charge in [-0.2, -0.15) is 0 Å². The summed E-state index contributed by atoms with van der Waals surface area (Å²) in [6.45, 7) is 8.70. The number of anilines is 1. The summed E-state index contributed by atoms with van der Waals surface area (Å²) in [5.74, 6) is 0.368. The Labute approximate surface area is 204 Å². The summed E-state index contributed by atoms with van der Waals surface area (Å²) in [5, 5.41) is 1.98. The molecule has 2 heterocycles. The third kappa shape index (κ3) is 5.12. The first-order valence-corrected chi connectivity index (χ1v) is 12.1. The Balaban J connectivity index is 1.52. The van der Waals surface area contributed by atoms with Crippen LogP contribution in [0.25, 0.3) is 0 Å². The molecule has 4 rings (SSSR count). The van der Waals surface area contributed by atoms with Crippen molar-refractivity contribution in [3.05, 3.63) is 63.1 Å². The van der Waals surface area contributed by atoms with Crippen LogP contribution >= 0.6 is 34.8 Å². The number of benzene rings is 2. The molecule has 0 saturated carbocycles. The maximum Gasteiger partial charge on any atom is 0.410 e. The van der Waals surface area contributed by atoms with Crippen LogP contribution in [0, 0.1) is 5.92 Å². The van der Waals surface area contributed by atoms with Crippen molar-refractivity contribution in [3.8, 4) is 0 Å². The Morgan fingerprint density at radius 1 is 1.00 bits per heavy atom. The molecule has 0 aromatic heterocycles. The molecule has 0 spiro atoms. The van der Waals surface area contributed by atoms with E-state index < -0.39 is 0 Å². The van der Waals surface area contributed by atoms with Gasteiger partial charge in [-0.3, -0.25) is 4.90 Å². The fourth-order valence-corrected chi connectivity index (χ4v) is 5.18. The molecular weight excluding hydrogens is 469 g/mol. The van der Waals surface area contributed by atoms with E-state index in [2.05, 4.69) is 35.8 Å². The first-order valence-electron chi connectivity index (χ1n) is 11.0. The zero-order valence-corrected chi connectivity index (χ0v) is 20.6. The molecule has 2 aliphatic rings. The van der Waals surface area contributed by atoms with Gasteiger partial charge in [-0.1, -0.05) is 60.8 Å². The molecule has 2 aromatic rings. The van der Waals surface area contributed by atoms with E-state index in [1.54, 1.807) is 6.07 Å². The Bertz CT molecular complexity index is 954. The second kappa shape index (κ2) is 10.1. The number of amides is 1. The third-order valence-electron chi connectivity index (χ3n) is 6.38. The van der Waals surface area contributed by atoms with Gasteiger partial charge < -0.3 is 14.5 Å². The number of rotatable bonds is 6. The van der Waals surface area contributed by atoms with Crippen molar-refractivity contribution >= 4 is 46.6 Å². The van der Waals surface area contributed by atoms with Crippen LogP contribution in [0.1, 0.15) is 25.5 Å². The number of carbonyl (C=O) groups is 1. The number of hydrogen-bond donors (Lipinski definition) is 0. The molecule has 5 nitrogen and oxygen atoms in total. The lowest BCUT2D eigenvalue weighted by atomic mass is 10.0. The number of piperazine rings is 1. The summed E-state index contributed by atoms with van der Waals surface area (Å²) in [6, 6.07) is 13.9. The van der Waals surface area contributed by atoms with Crippen molar-refractivity contribution < 1.29 is 9.53 Å². The van der Waals surface area contributed by atoms with Gasteiger partial charge in [-0.15, -0.1) is 0 Å². The average molecular weight is 497 g/mol. The number of cyclic esters (lactones) is 1. The minimum absolute atomic E-state index is 0.103. The van der Waals surface area contributed by atoms with E-state index in [1.165, 1.54) is 5.56 Å². The van der Waals surface area contributed by atoms with Crippen LogP contribution in [-0.2, 0) is 4.74 Å². The fourth-order valence-electron chi connectivity index (χ4n) is 4.54. The molecule has 2 fully saturated rings. The van der Waals surface area contributed by atoms with Gasteiger partial charge in [0.15, 0.2) is 0 Å². The van der Waals surface area contributed by atoms with Crippen LogP contribution in [0.15, 0.2) is 42.5 Å². The van der Waals surface area contributed by atoms with Crippen molar-refractivity contribution in [2.24, 2.45) is 5.92 Å².